The zero-order valence-corrected chi connectivity index (χ0v) is 9.49. The van der Waals surface area contributed by atoms with Crippen LogP contribution in [0, 0.1) is 5.41 Å². The van der Waals surface area contributed by atoms with Gasteiger partial charge < -0.3 is 10.4 Å². The highest BCUT2D eigenvalue weighted by atomic mass is 16.4. The first-order valence-electron chi connectivity index (χ1n) is 5.72. The van der Waals surface area contributed by atoms with E-state index in [1.54, 1.807) is 18.2 Å². The highest BCUT2D eigenvalue weighted by molar-refractivity contribution is 5.88. The Morgan fingerprint density at radius 3 is 2.81 bits per heavy atom. The molecule has 0 unspecified atom stereocenters. The van der Waals surface area contributed by atoms with Crippen molar-refractivity contribution in [3.63, 3.8) is 0 Å². The largest absolute Gasteiger partial charge is 0.478 e. The summed E-state index contributed by atoms with van der Waals surface area (Å²) < 4.78 is 0. The number of hydrogen-bond donors (Lipinski definition) is 2. The number of carboxylic acids is 1. The fourth-order valence-corrected chi connectivity index (χ4v) is 1.88. The van der Waals surface area contributed by atoms with Crippen LogP contribution < -0.4 is 5.32 Å². The van der Waals surface area contributed by atoms with E-state index in [-0.39, 0.29) is 0 Å². The molecule has 0 amide bonds. The van der Waals surface area contributed by atoms with E-state index < -0.39 is 5.97 Å². The lowest BCUT2D eigenvalue weighted by molar-refractivity contribution is 0.0697. The minimum atomic E-state index is -0.875. The molecule has 16 heavy (non-hydrogen) atoms. The molecule has 1 fully saturated rings. The SMILES string of the molecule is CCC1(CNc2cccc(C(=O)O)c2)CC1. The van der Waals surface area contributed by atoms with Crippen LogP contribution >= 0.6 is 0 Å². The first-order chi connectivity index (χ1) is 7.65. The summed E-state index contributed by atoms with van der Waals surface area (Å²) >= 11 is 0. The van der Waals surface area contributed by atoms with Crippen molar-refractivity contribution in [2.45, 2.75) is 26.2 Å². The fraction of sp³-hybridized carbons (Fsp3) is 0.462. The lowest BCUT2D eigenvalue weighted by atomic mass is 10.0. The molecule has 0 spiro atoms. The Morgan fingerprint density at radius 2 is 2.25 bits per heavy atom. The Labute approximate surface area is 95.5 Å². The molecule has 86 valence electrons. The summed E-state index contributed by atoms with van der Waals surface area (Å²) in [6.45, 7) is 3.16. The van der Waals surface area contributed by atoms with Crippen molar-refractivity contribution in [1.29, 1.82) is 0 Å². The quantitative estimate of drug-likeness (QED) is 0.800. The van der Waals surface area contributed by atoms with Crippen LogP contribution in [0.3, 0.4) is 0 Å². The fourth-order valence-electron chi connectivity index (χ4n) is 1.88. The molecule has 3 nitrogen and oxygen atoms in total. The molecule has 1 aromatic carbocycles. The molecule has 0 heterocycles. The first-order valence-corrected chi connectivity index (χ1v) is 5.72. The number of benzene rings is 1. The van der Waals surface area contributed by atoms with Gasteiger partial charge in [-0.15, -0.1) is 0 Å². The summed E-state index contributed by atoms with van der Waals surface area (Å²) in [7, 11) is 0. The van der Waals surface area contributed by atoms with E-state index in [0.29, 0.717) is 11.0 Å². The topological polar surface area (TPSA) is 49.3 Å². The average Bonchev–Trinajstić information content (AvgIpc) is 3.07. The standard InChI is InChI=1S/C13H17NO2/c1-2-13(6-7-13)9-14-11-5-3-4-10(8-11)12(15)16/h3-5,8,14H,2,6-7,9H2,1H3,(H,15,16). The van der Waals surface area contributed by atoms with Gasteiger partial charge in [-0.25, -0.2) is 4.79 Å². The van der Waals surface area contributed by atoms with Crippen molar-refractivity contribution in [2.75, 3.05) is 11.9 Å². The highest BCUT2D eigenvalue weighted by Gasteiger charge is 2.40. The maximum atomic E-state index is 10.8. The van der Waals surface area contributed by atoms with Gasteiger partial charge in [0.15, 0.2) is 0 Å². The van der Waals surface area contributed by atoms with Gasteiger partial charge in [0.2, 0.25) is 0 Å². The van der Waals surface area contributed by atoms with Gasteiger partial charge in [-0.2, -0.15) is 0 Å². The number of anilines is 1. The molecule has 0 aromatic heterocycles. The highest BCUT2D eigenvalue weighted by Crippen LogP contribution is 2.48. The van der Waals surface area contributed by atoms with Crippen LogP contribution in [0.5, 0.6) is 0 Å². The van der Waals surface area contributed by atoms with Gasteiger partial charge >= 0.3 is 5.97 Å². The van der Waals surface area contributed by atoms with Gasteiger partial charge in [0.25, 0.3) is 0 Å². The second-order valence-electron chi connectivity index (χ2n) is 4.59. The molecule has 1 aliphatic carbocycles. The van der Waals surface area contributed by atoms with Gasteiger partial charge in [-0.05, 0) is 42.9 Å². The van der Waals surface area contributed by atoms with Crippen LogP contribution in [0.4, 0.5) is 5.69 Å². The lowest BCUT2D eigenvalue weighted by Gasteiger charge is -2.14. The second kappa shape index (κ2) is 4.16. The number of nitrogens with one attached hydrogen (secondary N) is 1. The molecule has 0 saturated heterocycles. The summed E-state index contributed by atoms with van der Waals surface area (Å²) in [5.74, 6) is -0.875. The second-order valence-corrected chi connectivity index (χ2v) is 4.59. The Kier molecular flexibility index (Phi) is 2.86. The normalized spacial score (nSPS) is 16.8. The van der Waals surface area contributed by atoms with E-state index in [2.05, 4.69) is 12.2 Å². The molecule has 0 bridgehead atoms. The van der Waals surface area contributed by atoms with Gasteiger partial charge in [-0.1, -0.05) is 13.0 Å². The van der Waals surface area contributed by atoms with Gasteiger partial charge in [-0.3, -0.25) is 0 Å². The predicted molar refractivity (Wildman–Crippen MR) is 63.8 cm³/mol. The summed E-state index contributed by atoms with van der Waals surface area (Å²) in [6.07, 6.45) is 3.77. The summed E-state index contributed by atoms with van der Waals surface area (Å²) in [5, 5.41) is 12.2. The predicted octanol–water partition coefficient (Wildman–Crippen LogP) is 2.99. The third-order valence-electron chi connectivity index (χ3n) is 3.48. The molecule has 1 aliphatic rings. The molecule has 3 heteroatoms. The Balaban J connectivity index is 1.99. The van der Waals surface area contributed by atoms with Crippen LogP contribution in [0.1, 0.15) is 36.5 Å². The van der Waals surface area contributed by atoms with Crippen LogP contribution in [0.25, 0.3) is 0 Å². The number of carboxylic acid groups (broad SMARTS) is 1. The van der Waals surface area contributed by atoms with Crippen molar-refractivity contribution in [3.05, 3.63) is 29.8 Å². The molecule has 1 saturated carbocycles. The van der Waals surface area contributed by atoms with Crippen molar-refractivity contribution in [2.24, 2.45) is 5.41 Å². The van der Waals surface area contributed by atoms with E-state index in [1.807, 2.05) is 6.07 Å². The summed E-state index contributed by atoms with van der Waals surface area (Å²) in [6, 6.07) is 6.99. The minimum Gasteiger partial charge on any atom is -0.478 e. The zero-order valence-electron chi connectivity index (χ0n) is 9.49. The van der Waals surface area contributed by atoms with Crippen LogP contribution in [0.2, 0.25) is 0 Å². The first kappa shape index (κ1) is 11.0. The smallest absolute Gasteiger partial charge is 0.335 e. The van der Waals surface area contributed by atoms with E-state index in [4.69, 9.17) is 5.11 Å². The van der Waals surface area contributed by atoms with E-state index >= 15 is 0 Å². The number of aromatic carboxylic acids is 1. The molecule has 1 aromatic rings. The lowest BCUT2D eigenvalue weighted by Crippen LogP contribution is -2.14. The molecule has 0 aliphatic heterocycles. The van der Waals surface area contributed by atoms with Crippen molar-refractivity contribution >= 4 is 11.7 Å². The molecule has 2 N–H and O–H groups in total. The van der Waals surface area contributed by atoms with E-state index in [9.17, 15) is 4.79 Å². The Morgan fingerprint density at radius 1 is 1.50 bits per heavy atom. The third-order valence-corrected chi connectivity index (χ3v) is 3.48. The van der Waals surface area contributed by atoms with Gasteiger partial charge in [0.05, 0.1) is 5.56 Å². The van der Waals surface area contributed by atoms with E-state index in [1.165, 1.54) is 19.3 Å². The molecular formula is C13H17NO2. The molecule has 0 atom stereocenters. The molecular weight excluding hydrogens is 202 g/mol. The molecule has 2 rings (SSSR count). The van der Waals surface area contributed by atoms with Crippen molar-refractivity contribution in [3.8, 4) is 0 Å². The third kappa shape index (κ3) is 2.35. The van der Waals surface area contributed by atoms with Gasteiger partial charge in [0.1, 0.15) is 0 Å². The number of hydrogen-bond acceptors (Lipinski definition) is 2. The van der Waals surface area contributed by atoms with Crippen LogP contribution in [-0.4, -0.2) is 17.6 Å². The van der Waals surface area contributed by atoms with Crippen LogP contribution in [-0.2, 0) is 0 Å². The monoisotopic (exact) mass is 219 g/mol. The molecule has 0 radical (unpaired) electrons. The maximum Gasteiger partial charge on any atom is 0.335 e. The minimum absolute atomic E-state index is 0.339. The average molecular weight is 219 g/mol. The Hall–Kier alpha value is -1.51. The zero-order chi connectivity index (χ0) is 11.6. The van der Waals surface area contributed by atoms with Crippen LogP contribution in [0.15, 0.2) is 24.3 Å². The number of carbonyl (C=O) groups is 1. The van der Waals surface area contributed by atoms with Crippen molar-refractivity contribution < 1.29 is 9.90 Å². The summed E-state index contributed by atoms with van der Waals surface area (Å²) in [4.78, 5) is 10.8. The number of rotatable bonds is 5. The van der Waals surface area contributed by atoms with Crippen molar-refractivity contribution in [1.82, 2.24) is 0 Å². The Bertz CT molecular complexity index is 397. The van der Waals surface area contributed by atoms with E-state index in [0.717, 1.165) is 12.2 Å². The maximum absolute atomic E-state index is 10.8. The van der Waals surface area contributed by atoms with Gasteiger partial charge in [0, 0.05) is 12.2 Å². The summed E-state index contributed by atoms with van der Waals surface area (Å²) in [5.41, 5.74) is 1.71.